The van der Waals surface area contributed by atoms with Crippen molar-refractivity contribution in [3.8, 4) is 5.75 Å². The third kappa shape index (κ3) is 3.73. The highest BCUT2D eigenvalue weighted by Gasteiger charge is 2.36. The van der Waals surface area contributed by atoms with Gasteiger partial charge in [-0.05, 0) is 36.1 Å². The Morgan fingerprint density at radius 2 is 1.84 bits per heavy atom. The molecule has 0 saturated carbocycles. The van der Waals surface area contributed by atoms with Crippen LogP contribution in [0.3, 0.4) is 0 Å². The molecule has 0 N–H and O–H groups in total. The van der Waals surface area contributed by atoms with Crippen LogP contribution in [0.4, 0.5) is 5.69 Å². The first-order valence-corrected chi connectivity index (χ1v) is 8.76. The molecule has 4 nitrogen and oxygen atoms in total. The Labute approximate surface area is 148 Å². The van der Waals surface area contributed by atoms with Gasteiger partial charge in [0.2, 0.25) is 5.91 Å². The van der Waals surface area contributed by atoms with Crippen molar-refractivity contribution in [2.24, 2.45) is 5.92 Å². The Bertz CT molecular complexity index is 757. The van der Waals surface area contributed by atoms with Gasteiger partial charge < -0.3 is 9.64 Å². The van der Waals surface area contributed by atoms with Crippen molar-refractivity contribution in [3.63, 3.8) is 0 Å². The maximum Gasteiger partial charge on any atom is 0.316 e. The van der Waals surface area contributed by atoms with E-state index >= 15 is 0 Å². The number of carbonyl (C=O) groups excluding carboxylic acids is 2. The lowest BCUT2D eigenvalue weighted by Crippen LogP contribution is -2.27. The molecule has 0 spiro atoms. The highest BCUT2D eigenvalue weighted by molar-refractivity contribution is 5.99. The molecule has 0 radical (unpaired) electrons. The Hall–Kier alpha value is -2.62. The predicted molar refractivity (Wildman–Crippen MR) is 97.7 cm³/mol. The second-order valence-corrected chi connectivity index (χ2v) is 6.51. The molecule has 0 aliphatic carbocycles. The maximum absolute atomic E-state index is 12.6. The largest absolute Gasteiger partial charge is 0.426 e. The van der Waals surface area contributed by atoms with E-state index in [-0.39, 0.29) is 18.3 Å². The SMILES string of the molecule is CC[C@H](C)c1ccccc1OC(=O)[C@H]1CC(=O)N(c2ccccc2)C1. The lowest BCUT2D eigenvalue weighted by atomic mass is 9.98. The first-order valence-electron chi connectivity index (χ1n) is 8.76. The molecule has 1 aliphatic heterocycles. The van der Waals surface area contributed by atoms with E-state index in [4.69, 9.17) is 4.74 Å². The van der Waals surface area contributed by atoms with Crippen molar-refractivity contribution in [2.45, 2.75) is 32.6 Å². The van der Waals surface area contributed by atoms with Crippen molar-refractivity contribution < 1.29 is 14.3 Å². The van der Waals surface area contributed by atoms with Gasteiger partial charge in [0.1, 0.15) is 5.75 Å². The highest BCUT2D eigenvalue weighted by atomic mass is 16.5. The summed E-state index contributed by atoms with van der Waals surface area (Å²) >= 11 is 0. The van der Waals surface area contributed by atoms with Gasteiger partial charge in [-0.15, -0.1) is 0 Å². The molecule has 0 unspecified atom stereocenters. The first kappa shape index (κ1) is 17.2. The fourth-order valence-corrected chi connectivity index (χ4v) is 3.12. The molecule has 2 aromatic carbocycles. The summed E-state index contributed by atoms with van der Waals surface area (Å²) in [4.78, 5) is 26.5. The fourth-order valence-electron chi connectivity index (χ4n) is 3.12. The second kappa shape index (κ2) is 7.51. The molecule has 4 heteroatoms. The Morgan fingerprint density at radius 3 is 2.56 bits per heavy atom. The zero-order valence-corrected chi connectivity index (χ0v) is 14.6. The monoisotopic (exact) mass is 337 g/mol. The predicted octanol–water partition coefficient (Wildman–Crippen LogP) is 4.16. The number of hydrogen-bond donors (Lipinski definition) is 0. The minimum atomic E-state index is -0.433. The zero-order valence-electron chi connectivity index (χ0n) is 14.6. The molecule has 0 aromatic heterocycles. The van der Waals surface area contributed by atoms with Crippen LogP contribution in [0.1, 0.15) is 38.2 Å². The lowest BCUT2D eigenvalue weighted by Gasteiger charge is -2.17. The number of anilines is 1. The average molecular weight is 337 g/mol. The zero-order chi connectivity index (χ0) is 17.8. The number of esters is 1. The normalized spacial score (nSPS) is 18.2. The number of ether oxygens (including phenoxy) is 1. The summed E-state index contributed by atoms with van der Waals surface area (Å²) in [6.07, 6.45) is 1.16. The Morgan fingerprint density at radius 1 is 1.16 bits per heavy atom. The fraction of sp³-hybridized carbons (Fsp3) is 0.333. The van der Waals surface area contributed by atoms with Crippen LogP contribution in [0.25, 0.3) is 0 Å². The molecule has 1 saturated heterocycles. The van der Waals surface area contributed by atoms with E-state index in [0.29, 0.717) is 18.2 Å². The van der Waals surface area contributed by atoms with Crippen LogP contribution in [0.2, 0.25) is 0 Å². The topological polar surface area (TPSA) is 46.6 Å². The van der Waals surface area contributed by atoms with Gasteiger partial charge in [-0.25, -0.2) is 0 Å². The van der Waals surface area contributed by atoms with E-state index in [1.54, 1.807) is 4.90 Å². The van der Waals surface area contributed by atoms with Crippen molar-refractivity contribution >= 4 is 17.6 Å². The summed E-state index contributed by atoms with van der Waals surface area (Å²) in [6, 6.07) is 17.1. The van der Waals surface area contributed by atoms with Crippen molar-refractivity contribution in [1.82, 2.24) is 0 Å². The molecule has 1 amide bonds. The molecule has 1 heterocycles. The molecule has 2 aromatic rings. The molecular weight excluding hydrogens is 314 g/mol. The van der Waals surface area contributed by atoms with Crippen molar-refractivity contribution in [3.05, 3.63) is 60.2 Å². The number of rotatable bonds is 5. The molecule has 1 fully saturated rings. The van der Waals surface area contributed by atoms with Gasteiger partial charge in [-0.1, -0.05) is 50.2 Å². The first-order chi connectivity index (χ1) is 12.1. The number of para-hydroxylation sites is 2. The van der Waals surface area contributed by atoms with E-state index in [1.165, 1.54) is 0 Å². The molecule has 1 aliphatic rings. The summed E-state index contributed by atoms with van der Waals surface area (Å²) in [5, 5.41) is 0. The summed E-state index contributed by atoms with van der Waals surface area (Å²) in [5.41, 5.74) is 1.85. The number of benzene rings is 2. The molecule has 2 atom stereocenters. The number of hydrogen-bond acceptors (Lipinski definition) is 3. The van der Waals surface area contributed by atoms with E-state index in [0.717, 1.165) is 17.7 Å². The molecule has 0 bridgehead atoms. The van der Waals surface area contributed by atoms with Crippen LogP contribution >= 0.6 is 0 Å². The van der Waals surface area contributed by atoms with Crippen LogP contribution in [0, 0.1) is 5.92 Å². The maximum atomic E-state index is 12.6. The van der Waals surface area contributed by atoms with Crippen LogP contribution in [-0.2, 0) is 9.59 Å². The minimum absolute atomic E-state index is 0.0386. The van der Waals surface area contributed by atoms with Gasteiger partial charge in [-0.3, -0.25) is 9.59 Å². The van der Waals surface area contributed by atoms with E-state index in [1.807, 2.05) is 54.6 Å². The van der Waals surface area contributed by atoms with Gasteiger partial charge in [0.05, 0.1) is 5.92 Å². The van der Waals surface area contributed by atoms with Crippen LogP contribution in [0.15, 0.2) is 54.6 Å². The van der Waals surface area contributed by atoms with Crippen molar-refractivity contribution in [1.29, 1.82) is 0 Å². The van der Waals surface area contributed by atoms with Crippen molar-refractivity contribution in [2.75, 3.05) is 11.4 Å². The van der Waals surface area contributed by atoms with Gasteiger partial charge in [0.15, 0.2) is 0 Å². The van der Waals surface area contributed by atoms with Crippen LogP contribution in [0.5, 0.6) is 5.75 Å². The standard InChI is InChI=1S/C21H23NO3/c1-3-15(2)18-11-7-8-12-19(18)25-21(24)16-13-20(23)22(14-16)17-9-5-4-6-10-17/h4-12,15-16H,3,13-14H2,1-2H3/t15-,16-/m0/s1. The smallest absolute Gasteiger partial charge is 0.316 e. The lowest BCUT2D eigenvalue weighted by molar-refractivity contribution is -0.139. The highest BCUT2D eigenvalue weighted by Crippen LogP contribution is 2.31. The third-order valence-corrected chi connectivity index (χ3v) is 4.80. The third-order valence-electron chi connectivity index (χ3n) is 4.80. The number of carbonyl (C=O) groups is 2. The Kier molecular flexibility index (Phi) is 5.17. The summed E-state index contributed by atoms with van der Waals surface area (Å²) < 4.78 is 5.67. The summed E-state index contributed by atoms with van der Waals surface area (Å²) in [5.74, 6) is 0.117. The van der Waals surface area contributed by atoms with E-state index in [2.05, 4.69) is 13.8 Å². The molecular formula is C21H23NO3. The Balaban J connectivity index is 1.72. The number of amides is 1. The number of nitrogens with zero attached hydrogens (tertiary/aromatic N) is 1. The van der Waals surface area contributed by atoms with Gasteiger partial charge >= 0.3 is 5.97 Å². The average Bonchev–Trinajstić information content (AvgIpc) is 3.04. The van der Waals surface area contributed by atoms with Crippen LogP contribution < -0.4 is 9.64 Å². The van der Waals surface area contributed by atoms with Gasteiger partial charge in [0.25, 0.3) is 0 Å². The molecule has 3 rings (SSSR count). The minimum Gasteiger partial charge on any atom is -0.426 e. The van der Waals surface area contributed by atoms with Gasteiger partial charge in [-0.2, -0.15) is 0 Å². The van der Waals surface area contributed by atoms with Crippen LogP contribution in [-0.4, -0.2) is 18.4 Å². The molecule has 25 heavy (non-hydrogen) atoms. The van der Waals surface area contributed by atoms with E-state index < -0.39 is 5.92 Å². The van der Waals surface area contributed by atoms with Gasteiger partial charge in [0, 0.05) is 18.7 Å². The summed E-state index contributed by atoms with van der Waals surface area (Å²) in [6.45, 7) is 4.59. The van der Waals surface area contributed by atoms with E-state index in [9.17, 15) is 9.59 Å². The summed E-state index contributed by atoms with van der Waals surface area (Å²) in [7, 11) is 0. The second-order valence-electron chi connectivity index (χ2n) is 6.51. The molecule has 130 valence electrons. The quantitative estimate of drug-likeness (QED) is 0.608.